The van der Waals surface area contributed by atoms with Crippen LogP contribution in [0.1, 0.15) is 19.5 Å². The Morgan fingerprint density at radius 1 is 1.67 bits per heavy atom. The van der Waals surface area contributed by atoms with Crippen LogP contribution in [0.15, 0.2) is 6.20 Å². The smallest absolute Gasteiger partial charge is 0.137 e. The van der Waals surface area contributed by atoms with E-state index in [1.807, 2.05) is 13.8 Å². The molecule has 1 unspecified atom stereocenters. The van der Waals surface area contributed by atoms with Crippen LogP contribution in [-0.2, 0) is 11.4 Å². The molecule has 0 spiro atoms. The number of aromatic nitrogens is 2. The molecule has 0 aliphatic heterocycles. The third-order valence-corrected chi connectivity index (χ3v) is 2.87. The van der Waals surface area contributed by atoms with E-state index >= 15 is 0 Å². The van der Waals surface area contributed by atoms with Gasteiger partial charge in [0, 0.05) is 0 Å². The van der Waals surface area contributed by atoms with Crippen LogP contribution in [0, 0.1) is 6.92 Å². The Hall–Kier alpha value is -0.680. The molecule has 1 rings (SSSR count). The van der Waals surface area contributed by atoms with Gasteiger partial charge in [-0.2, -0.15) is 0 Å². The van der Waals surface area contributed by atoms with Crippen molar-refractivity contribution in [1.29, 1.82) is 0 Å². The highest BCUT2D eigenvalue weighted by molar-refractivity contribution is 7.90. The highest BCUT2D eigenvalue weighted by Crippen LogP contribution is 2.11. The van der Waals surface area contributed by atoms with Crippen LogP contribution in [0.4, 0.5) is 5.69 Å². The van der Waals surface area contributed by atoms with Gasteiger partial charge in [0.25, 0.3) is 0 Å². The van der Waals surface area contributed by atoms with E-state index in [4.69, 9.17) is 5.73 Å². The second-order valence-corrected chi connectivity index (χ2v) is 4.77. The maximum Gasteiger partial charge on any atom is 0.137 e. The summed E-state index contributed by atoms with van der Waals surface area (Å²) in [7, 11) is 0. The fourth-order valence-electron chi connectivity index (χ4n) is 0.755. The van der Waals surface area contributed by atoms with Crippen molar-refractivity contribution in [1.82, 2.24) is 9.19 Å². The van der Waals surface area contributed by atoms with Crippen molar-refractivity contribution in [3.63, 3.8) is 0 Å². The molecule has 4 nitrogen and oxygen atoms in total. The number of nitrogen functional groups attached to an aromatic ring is 1. The summed E-state index contributed by atoms with van der Waals surface area (Å²) < 4.78 is 12.9. The lowest BCUT2D eigenvalue weighted by atomic mass is 10.4. The summed E-state index contributed by atoms with van der Waals surface area (Å²) in [6.45, 7) is 5.55. The zero-order valence-corrected chi connectivity index (χ0v) is 8.26. The molecule has 0 bridgehead atoms. The molecular formula is C7H13N3OS. The first-order valence-corrected chi connectivity index (χ1v) is 4.92. The van der Waals surface area contributed by atoms with E-state index in [-0.39, 0.29) is 5.25 Å². The van der Waals surface area contributed by atoms with Crippen molar-refractivity contribution >= 4 is 17.0 Å². The molecule has 1 heterocycles. The van der Waals surface area contributed by atoms with Crippen LogP contribution in [0.2, 0.25) is 0 Å². The molecule has 2 N–H and O–H groups in total. The fourth-order valence-corrected chi connectivity index (χ4v) is 1.61. The predicted octanol–water partition coefficient (Wildman–Crippen LogP) is 0.694. The average molecular weight is 187 g/mol. The zero-order chi connectivity index (χ0) is 9.30. The lowest BCUT2D eigenvalue weighted by molar-refractivity contribution is 0.569. The Labute approximate surface area is 75.1 Å². The van der Waals surface area contributed by atoms with E-state index in [0.29, 0.717) is 5.69 Å². The lowest BCUT2D eigenvalue weighted by Gasteiger charge is -2.11. The highest BCUT2D eigenvalue weighted by Gasteiger charge is 2.16. The van der Waals surface area contributed by atoms with Gasteiger partial charge in [-0.1, -0.05) is 4.09 Å². The second kappa shape index (κ2) is 3.37. The third-order valence-electron chi connectivity index (χ3n) is 1.50. The zero-order valence-electron chi connectivity index (χ0n) is 7.44. The number of aryl methyl sites for hydroxylation is 1. The highest BCUT2D eigenvalue weighted by atomic mass is 32.2. The van der Waals surface area contributed by atoms with Gasteiger partial charge in [0.1, 0.15) is 11.4 Å². The Morgan fingerprint density at radius 3 is 2.58 bits per heavy atom. The van der Waals surface area contributed by atoms with Gasteiger partial charge in [-0.15, -0.1) is 5.10 Å². The first-order valence-electron chi connectivity index (χ1n) is 3.75. The topological polar surface area (TPSA) is 66.9 Å². The predicted molar refractivity (Wildman–Crippen MR) is 50.1 cm³/mol. The molecule has 0 aliphatic rings. The Morgan fingerprint density at radius 2 is 2.25 bits per heavy atom. The summed E-state index contributed by atoms with van der Waals surface area (Å²) in [5.41, 5.74) is 6.87. The molecule has 0 radical (unpaired) electrons. The number of anilines is 1. The maximum absolute atomic E-state index is 11.5. The summed E-state index contributed by atoms with van der Waals surface area (Å²) in [4.78, 5) is 0. The lowest BCUT2D eigenvalue weighted by Crippen LogP contribution is -2.22. The second-order valence-electron chi connectivity index (χ2n) is 2.90. The number of hydrogen-bond acceptors (Lipinski definition) is 3. The normalized spacial score (nSPS) is 13.8. The van der Waals surface area contributed by atoms with Crippen molar-refractivity contribution in [3.8, 4) is 0 Å². The molecule has 0 fully saturated rings. The molecule has 12 heavy (non-hydrogen) atoms. The number of nitrogens with two attached hydrogens (primary N) is 1. The van der Waals surface area contributed by atoms with Gasteiger partial charge in [0.15, 0.2) is 0 Å². The number of nitrogens with zero attached hydrogens (tertiary/aromatic N) is 2. The van der Waals surface area contributed by atoms with Crippen LogP contribution >= 0.6 is 0 Å². The standard InChI is InChI=1S/C7H13N3OS/c1-5(2)12(11)10-4-7(8)6(3)9-10/h4-5H,8H2,1-3H3. The van der Waals surface area contributed by atoms with Crippen molar-refractivity contribution < 1.29 is 4.55 Å². The van der Waals surface area contributed by atoms with E-state index in [1.54, 1.807) is 13.1 Å². The molecule has 68 valence electrons. The van der Waals surface area contributed by atoms with Crippen LogP contribution in [-0.4, -0.2) is 19.0 Å². The Bertz CT molecular complexity index is 252. The minimum absolute atomic E-state index is 0.0590. The van der Waals surface area contributed by atoms with Crippen LogP contribution in [0.3, 0.4) is 0 Å². The molecule has 0 aliphatic carbocycles. The molecule has 0 saturated carbocycles. The van der Waals surface area contributed by atoms with Crippen molar-refractivity contribution in [2.45, 2.75) is 26.0 Å². The van der Waals surface area contributed by atoms with E-state index in [1.165, 1.54) is 4.09 Å². The molecule has 1 aromatic heterocycles. The van der Waals surface area contributed by atoms with Gasteiger partial charge in [0.05, 0.1) is 22.7 Å². The molecule has 1 atom stereocenters. The van der Waals surface area contributed by atoms with Crippen molar-refractivity contribution in [2.24, 2.45) is 0 Å². The van der Waals surface area contributed by atoms with Gasteiger partial charge in [0.2, 0.25) is 0 Å². The van der Waals surface area contributed by atoms with E-state index in [9.17, 15) is 4.55 Å². The Balaban J connectivity index is 2.89. The fraction of sp³-hybridized carbons (Fsp3) is 0.571. The molecule has 0 saturated heterocycles. The minimum Gasteiger partial charge on any atom is -0.591 e. The first kappa shape index (κ1) is 9.41. The summed E-state index contributed by atoms with van der Waals surface area (Å²) >= 11 is -1.10. The molecule has 0 aromatic carbocycles. The van der Waals surface area contributed by atoms with Gasteiger partial charge in [-0.05, 0) is 20.8 Å². The molecular weight excluding hydrogens is 174 g/mol. The van der Waals surface area contributed by atoms with Gasteiger partial charge in [-0.3, -0.25) is 0 Å². The summed E-state index contributed by atoms with van der Waals surface area (Å²) in [5, 5.41) is 4.08. The number of hydrogen-bond donors (Lipinski definition) is 1. The quantitative estimate of drug-likeness (QED) is 0.693. The molecule has 5 heteroatoms. The van der Waals surface area contributed by atoms with Gasteiger partial charge < -0.3 is 10.3 Å². The van der Waals surface area contributed by atoms with E-state index < -0.39 is 11.4 Å². The van der Waals surface area contributed by atoms with Gasteiger partial charge in [-0.25, -0.2) is 0 Å². The van der Waals surface area contributed by atoms with Crippen molar-refractivity contribution in [3.05, 3.63) is 11.9 Å². The summed E-state index contributed by atoms with van der Waals surface area (Å²) in [6, 6.07) is 0. The van der Waals surface area contributed by atoms with Crippen molar-refractivity contribution in [2.75, 3.05) is 5.73 Å². The van der Waals surface area contributed by atoms with E-state index in [0.717, 1.165) is 5.69 Å². The minimum atomic E-state index is -1.10. The third kappa shape index (κ3) is 1.73. The SMILES string of the molecule is Cc1nn([S+]([O-])C(C)C)cc1N. The Kier molecular flexibility index (Phi) is 2.64. The summed E-state index contributed by atoms with van der Waals surface area (Å²) in [5.74, 6) is 0. The molecule has 1 aromatic rings. The van der Waals surface area contributed by atoms with Crippen LogP contribution < -0.4 is 5.73 Å². The maximum atomic E-state index is 11.5. The molecule has 0 amide bonds. The summed E-state index contributed by atoms with van der Waals surface area (Å²) in [6.07, 6.45) is 1.60. The van der Waals surface area contributed by atoms with Gasteiger partial charge >= 0.3 is 0 Å². The number of rotatable bonds is 2. The van der Waals surface area contributed by atoms with Crippen LogP contribution in [0.5, 0.6) is 0 Å². The monoisotopic (exact) mass is 187 g/mol. The first-order chi connectivity index (χ1) is 5.52. The van der Waals surface area contributed by atoms with Crippen LogP contribution in [0.25, 0.3) is 0 Å². The average Bonchev–Trinajstić information content (AvgIpc) is 2.30. The van der Waals surface area contributed by atoms with E-state index in [2.05, 4.69) is 5.10 Å². The largest absolute Gasteiger partial charge is 0.591 e.